The quantitative estimate of drug-likeness (QED) is 0.403. The molecule has 0 unspecified atom stereocenters. The first-order chi connectivity index (χ1) is 14.2. The van der Waals surface area contributed by atoms with Gasteiger partial charge in [0.25, 0.3) is 0 Å². The fourth-order valence-corrected chi connectivity index (χ4v) is 4.67. The van der Waals surface area contributed by atoms with Gasteiger partial charge < -0.3 is 0 Å². The van der Waals surface area contributed by atoms with E-state index in [9.17, 15) is 21.6 Å². The Labute approximate surface area is 171 Å². The molecule has 0 saturated heterocycles. The fourth-order valence-electron chi connectivity index (χ4n) is 3.51. The highest BCUT2D eigenvalue weighted by Gasteiger charge is 2.33. The van der Waals surface area contributed by atoms with Gasteiger partial charge in [0.2, 0.25) is 0 Å². The number of nitrogens with zero attached hydrogens (tertiary/aromatic N) is 1. The third-order valence-electron chi connectivity index (χ3n) is 4.77. The third kappa shape index (κ3) is 3.68. The highest BCUT2D eigenvalue weighted by Crippen LogP contribution is 2.38. The molecular weight excluding hydrogens is 411 g/mol. The summed E-state index contributed by atoms with van der Waals surface area (Å²) in [6.45, 7) is 0. The average molecular weight is 427 g/mol. The van der Waals surface area contributed by atoms with E-state index in [1.54, 1.807) is 54.6 Å². The third-order valence-corrected chi connectivity index (χ3v) is 5.95. The van der Waals surface area contributed by atoms with Gasteiger partial charge >= 0.3 is 6.18 Å². The van der Waals surface area contributed by atoms with Crippen LogP contribution in [0.15, 0.2) is 83.8 Å². The Balaban J connectivity index is 2.03. The molecule has 30 heavy (non-hydrogen) atoms. The zero-order valence-corrected chi connectivity index (χ0v) is 16.6. The van der Waals surface area contributed by atoms with Gasteiger partial charge in [0.15, 0.2) is 9.84 Å². The number of alkyl halides is 3. The second-order valence-electron chi connectivity index (χ2n) is 6.89. The van der Waals surface area contributed by atoms with Gasteiger partial charge in [-0.05, 0) is 17.7 Å². The van der Waals surface area contributed by atoms with Gasteiger partial charge in [-0.1, -0.05) is 66.7 Å². The van der Waals surface area contributed by atoms with Crippen molar-refractivity contribution >= 4 is 20.7 Å². The summed E-state index contributed by atoms with van der Waals surface area (Å²) in [5.74, 6) is 0. The lowest BCUT2D eigenvalue weighted by molar-refractivity contribution is -0.136. The van der Waals surface area contributed by atoms with Crippen molar-refractivity contribution in [2.45, 2.75) is 11.1 Å². The van der Waals surface area contributed by atoms with Crippen molar-refractivity contribution in [1.82, 2.24) is 4.98 Å². The van der Waals surface area contributed by atoms with E-state index in [-0.39, 0.29) is 21.7 Å². The van der Waals surface area contributed by atoms with Crippen LogP contribution in [-0.2, 0) is 16.0 Å². The lowest BCUT2D eigenvalue weighted by atomic mass is 10.0. The number of fused-ring (bicyclic) bond motifs is 1. The molecule has 0 aliphatic rings. The van der Waals surface area contributed by atoms with Gasteiger partial charge in [-0.15, -0.1) is 0 Å². The van der Waals surface area contributed by atoms with Crippen LogP contribution in [0, 0.1) is 0 Å². The summed E-state index contributed by atoms with van der Waals surface area (Å²) < 4.78 is 65.8. The minimum absolute atomic E-state index is 0.0348. The predicted octanol–water partition coefficient (Wildman–Crippen LogP) is 5.99. The van der Waals surface area contributed by atoms with E-state index in [2.05, 4.69) is 4.98 Å². The largest absolute Gasteiger partial charge is 0.418 e. The summed E-state index contributed by atoms with van der Waals surface area (Å²) in [5.41, 5.74) is 0.516. The lowest BCUT2D eigenvalue weighted by Crippen LogP contribution is -2.07. The number of benzene rings is 3. The zero-order valence-electron chi connectivity index (χ0n) is 15.8. The van der Waals surface area contributed by atoms with Gasteiger partial charge in [-0.25, -0.2) is 13.4 Å². The maximum atomic E-state index is 13.5. The van der Waals surface area contributed by atoms with Crippen LogP contribution >= 0.6 is 0 Å². The van der Waals surface area contributed by atoms with Crippen molar-refractivity contribution in [2.75, 3.05) is 6.26 Å². The molecule has 7 heteroatoms. The first-order valence-corrected chi connectivity index (χ1v) is 10.9. The summed E-state index contributed by atoms with van der Waals surface area (Å²) in [7, 11) is -3.71. The molecule has 1 heterocycles. The minimum Gasteiger partial charge on any atom is -0.247 e. The molecule has 3 aromatic carbocycles. The summed E-state index contributed by atoms with van der Waals surface area (Å²) >= 11 is 0. The summed E-state index contributed by atoms with van der Waals surface area (Å²) in [5, 5.41) is 0.327. The van der Waals surface area contributed by atoms with Crippen molar-refractivity contribution in [3.63, 3.8) is 0 Å². The second kappa shape index (κ2) is 7.25. The van der Waals surface area contributed by atoms with Crippen LogP contribution in [0.5, 0.6) is 0 Å². The molecule has 0 aliphatic carbocycles. The van der Waals surface area contributed by atoms with E-state index in [4.69, 9.17) is 0 Å². The van der Waals surface area contributed by atoms with Gasteiger partial charge in [0.1, 0.15) is 0 Å². The first kappa shape index (κ1) is 20.1. The van der Waals surface area contributed by atoms with Gasteiger partial charge in [0.05, 0.1) is 21.7 Å². The van der Waals surface area contributed by atoms with Crippen LogP contribution in [0.3, 0.4) is 0 Å². The lowest BCUT2D eigenvalue weighted by Gasteiger charge is -2.15. The SMILES string of the molecule is CS(=O)(=O)c1c(-c2ccccc2)cccc1-c1ccc2cccc(C(F)(F)F)c2n1. The van der Waals surface area contributed by atoms with Crippen LogP contribution in [0.1, 0.15) is 5.56 Å². The molecule has 0 amide bonds. The Morgan fingerprint density at radius 3 is 2.10 bits per heavy atom. The normalized spacial score (nSPS) is 12.3. The van der Waals surface area contributed by atoms with Crippen molar-refractivity contribution in [3.05, 3.63) is 84.4 Å². The number of hydrogen-bond acceptors (Lipinski definition) is 3. The summed E-state index contributed by atoms with van der Waals surface area (Å²) in [4.78, 5) is 4.27. The first-order valence-electron chi connectivity index (χ1n) is 9.02. The maximum absolute atomic E-state index is 13.5. The highest BCUT2D eigenvalue weighted by atomic mass is 32.2. The average Bonchev–Trinajstić information content (AvgIpc) is 2.71. The van der Waals surface area contributed by atoms with E-state index >= 15 is 0 Å². The molecule has 0 atom stereocenters. The van der Waals surface area contributed by atoms with E-state index in [0.29, 0.717) is 16.5 Å². The Hall–Kier alpha value is -3.19. The fraction of sp³-hybridized carbons (Fsp3) is 0.0870. The Morgan fingerprint density at radius 1 is 0.767 bits per heavy atom. The molecule has 4 aromatic rings. The molecule has 1 aromatic heterocycles. The Bertz CT molecular complexity index is 1350. The van der Waals surface area contributed by atoms with Crippen LogP contribution in [0.2, 0.25) is 0 Å². The van der Waals surface area contributed by atoms with Gasteiger partial charge in [-0.3, -0.25) is 0 Å². The molecule has 0 radical (unpaired) electrons. The smallest absolute Gasteiger partial charge is 0.247 e. The van der Waals surface area contributed by atoms with E-state index in [1.807, 2.05) is 6.07 Å². The monoisotopic (exact) mass is 427 g/mol. The van der Waals surface area contributed by atoms with Gasteiger partial charge in [-0.2, -0.15) is 13.2 Å². The highest BCUT2D eigenvalue weighted by molar-refractivity contribution is 7.91. The van der Waals surface area contributed by atoms with E-state index in [1.165, 1.54) is 12.1 Å². The second-order valence-corrected chi connectivity index (χ2v) is 8.84. The molecule has 0 bridgehead atoms. The molecule has 0 spiro atoms. The number of rotatable bonds is 3. The molecule has 0 saturated carbocycles. The summed E-state index contributed by atoms with van der Waals surface area (Å²) in [6.07, 6.45) is -3.49. The standard InChI is InChI=1S/C23H16F3NO2S/c1-30(28,29)22-17(15-7-3-2-4-8-15)10-6-11-18(22)20-14-13-16-9-5-12-19(21(16)27-20)23(24,25)26/h2-14H,1H3. The Morgan fingerprint density at radius 2 is 1.43 bits per heavy atom. The molecule has 3 nitrogen and oxygen atoms in total. The number of halogens is 3. The van der Waals surface area contributed by atoms with E-state index in [0.717, 1.165) is 12.3 Å². The number of sulfone groups is 1. The number of hydrogen-bond donors (Lipinski definition) is 0. The zero-order chi connectivity index (χ0) is 21.5. The molecule has 0 fully saturated rings. The topological polar surface area (TPSA) is 47.0 Å². The molecule has 4 rings (SSSR count). The molecule has 0 aliphatic heterocycles. The Kier molecular flexibility index (Phi) is 4.86. The van der Waals surface area contributed by atoms with Gasteiger partial charge in [0, 0.05) is 22.8 Å². The van der Waals surface area contributed by atoms with Crippen molar-refractivity contribution < 1.29 is 21.6 Å². The van der Waals surface area contributed by atoms with Crippen molar-refractivity contribution in [1.29, 1.82) is 0 Å². The maximum Gasteiger partial charge on any atom is 0.418 e. The molecule has 152 valence electrons. The van der Waals surface area contributed by atoms with Crippen molar-refractivity contribution in [3.8, 4) is 22.4 Å². The molecule has 0 N–H and O–H groups in total. The number of pyridine rings is 1. The minimum atomic E-state index is -4.57. The van der Waals surface area contributed by atoms with Crippen LogP contribution in [0.4, 0.5) is 13.2 Å². The number of aromatic nitrogens is 1. The van der Waals surface area contributed by atoms with Crippen LogP contribution in [-0.4, -0.2) is 19.7 Å². The molecular formula is C23H16F3NO2S. The van der Waals surface area contributed by atoms with E-state index < -0.39 is 21.6 Å². The predicted molar refractivity (Wildman–Crippen MR) is 111 cm³/mol. The summed E-state index contributed by atoms with van der Waals surface area (Å²) in [6, 6.07) is 20.8. The number of para-hydroxylation sites is 1. The van der Waals surface area contributed by atoms with Crippen LogP contribution < -0.4 is 0 Å². The van der Waals surface area contributed by atoms with Crippen LogP contribution in [0.25, 0.3) is 33.3 Å². The van der Waals surface area contributed by atoms with Crippen molar-refractivity contribution in [2.24, 2.45) is 0 Å².